The second-order valence-corrected chi connectivity index (χ2v) is 5.83. The Morgan fingerprint density at radius 1 is 1.32 bits per heavy atom. The largest absolute Gasteiger partial charge is 0.289 e. The lowest BCUT2D eigenvalue weighted by molar-refractivity contribution is -0.130. The summed E-state index contributed by atoms with van der Waals surface area (Å²) in [5.74, 6) is -0.481. The predicted molar refractivity (Wildman–Crippen MR) is 74.8 cm³/mol. The van der Waals surface area contributed by atoms with Crippen molar-refractivity contribution in [2.75, 3.05) is 5.75 Å². The molecule has 1 atom stereocenters. The minimum absolute atomic E-state index is 0.00922. The van der Waals surface area contributed by atoms with Crippen LogP contribution in [0.5, 0.6) is 0 Å². The number of amides is 2. The monoisotopic (exact) mass is 337 g/mol. The molecule has 1 fully saturated rings. The third kappa shape index (κ3) is 2.89. The maximum absolute atomic E-state index is 11.7. The molecule has 1 saturated heterocycles. The van der Waals surface area contributed by atoms with Gasteiger partial charge in [-0.25, -0.2) is 0 Å². The molecule has 100 valence electrons. The molecular formula is C11H6Cl3NO3S. The van der Waals surface area contributed by atoms with Crippen LogP contribution in [-0.4, -0.2) is 27.0 Å². The fourth-order valence-electron chi connectivity index (χ4n) is 1.70. The first kappa shape index (κ1) is 14.7. The lowest BCUT2D eigenvalue weighted by atomic mass is 10.1. The van der Waals surface area contributed by atoms with Gasteiger partial charge in [-0.2, -0.15) is 0 Å². The molecule has 0 spiro atoms. The summed E-state index contributed by atoms with van der Waals surface area (Å²) in [7, 11) is 0. The molecule has 1 aliphatic rings. The van der Waals surface area contributed by atoms with Gasteiger partial charge in [-0.1, -0.05) is 41.0 Å². The second-order valence-electron chi connectivity index (χ2n) is 3.69. The summed E-state index contributed by atoms with van der Waals surface area (Å²) in [6, 6.07) is 3.18. The first-order valence-electron chi connectivity index (χ1n) is 5.05. The van der Waals surface area contributed by atoms with Crippen molar-refractivity contribution in [1.29, 1.82) is 0 Å². The van der Waals surface area contributed by atoms with E-state index in [-0.39, 0.29) is 16.3 Å². The van der Waals surface area contributed by atoms with Gasteiger partial charge in [0.15, 0.2) is 0 Å². The van der Waals surface area contributed by atoms with E-state index >= 15 is 0 Å². The SMILES string of the molecule is O=C(Cl)C(c1ccc(Cl)cc1Cl)N1C(=O)CSC1=O. The van der Waals surface area contributed by atoms with Crippen molar-refractivity contribution in [1.82, 2.24) is 4.90 Å². The molecule has 2 rings (SSSR count). The van der Waals surface area contributed by atoms with Gasteiger partial charge in [0.25, 0.3) is 5.24 Å². The number of carbonyl (C=O) groups is 3. The van der Waals surface area contributed by atoms with E-state index in [1.54, 1.807) is 0 Å². The molecule has 1 aromatic carbocycles. The Labute approximate surface area is 128 Å². The van der Waals surface area contributed by atoms with Crippen LogP contribution < -0.4 is 0 Å². The highest BCUT2D eigenvalue weighted by atomic mass is 35.5. The molecule has 1 unspecified atom stereocenters. The minimum Gasteiger partial charge on any atom is -0.279 e. The molecular weight excluding hydrogens is 333 g/mol. The standard InChI is InChI=1S/C11H6Cl3NO3S/c12-5-1-2-6(7(13)3-5)9(10(14)17)15-8(16)4-19-11(15)18/h1-3,9H,4H2. The number of imide groups is 1. The van der Waals surface area contributed by atoms with Crippen LogP contribution in [0.3, 0.4) is 0 Å². The number of rotatable bonds is 3. The third-order valence-corrected chi connectivity index (χ3v) is 4.12. The maximum Gasteiger partial charge on any atom is 0.289 e. The van der Waals surface area contributed by atoms with Gasteiger partial charge in [0.05, 0.1) is 5.75 Å². The van der Waals surface area contributed by atoms with Crippen molar-refractivity contribution < 1.29 is 14.4 Å². The van der Waals surface area contributed by atoms with E-state index in [2.05, 4.69) is 0 Å². The molecule has 8 heteroatoms. The van der Waals surface area contributed by atoms with E-state index < -0.39 is 22.4 Å². The first-order valence-corrected chi connectivity index (χ1v) is 7.17. The van der Waals surface area contributed by atoms with Gasteiger partial charge in [-0.3, -0.25) is 19.3 Å². The summed E-state index contributed by atoms with van der Waals surface area (Å²) in [4.78, 5) is 35.8. The van der Waals surface area contributed by atoms with Gasteiger partial charge in [-0.05, 0) is 23.7 Å². The fraction of sp³-hybridized carbons (Fsp3) is 0.182. The quantitative estimate of drug-likeness (QED) is 0.792. The van der Waals surface area contributed by atoms with Crippen molar-refractivity contribution >= 4 is 63.0 Å². The number of nitrogens with zero attached hydrogens (tertiary/aromatic N) is 1. The highest BCUT2D eigenvalue weighted by molar-refractivity contribution is 8.14. The van der Waals surface area contributed by atoms with E-state index in [0.29, 0.717) is 5.02 Å². The van der Waals surface area contributed by atoms with Crippen LogP contribution >= 0.6 is 46.6 Å². The van der Waals surface area contributed by atoms with E-state index in [9.17, 15) is 14.4 Å². The van der Waals surface area contributed by atoms with Gasteiger partial charge in [0, 0.05) is 15.6 Å². The van der Waals surface area contributed by atoms with E-state index in [1.807, 2.05) is 0 Å². The van der Waals surface area contributed by atoms with Crippen molar-refractivity contribution in [2.45, 2.75) is 6.04 Å². The zero-order valence-electron chi connectivity index (χ0n) is 9.23. The van der Waals surface area contributed by atoms with Crippen molar-refractivity contribution in [3.8, 4) is 0 Å². The Hall–Kier alpha value is -0.750. The molecule has 0 bridgehead atoms. The number of hydrogen-bond donors (Lipinski definition) is 0. The first-order chi connectivity index (χ1) is 8.91. The molecule has 19 heavy (non-hydrogen) atoms. The smallest absolute Gasteiger partial charge is 0.279 e. The zero-order valence-corrected chi connectivity index (χ0v) is 12.3. The molecule has 0 aliphatic carbocycles. The highest BCUT2D eigenvalue weighted by Crippen LogP contribution is 2.35. The van der Waals surface area contributed by atoms with Crippen LogP contribution in [0.15, 0.2) is 18.2 Å². The highest BCUT2D eigenvalue weighted by Gasteiger charge is 2.40. The van der Waals surface area contributed by atoms with E-state index in [4.69, 9.17) is 34.8 Å². The molecule has 0 radical (unpaired) electrons. The maximum atomic E-state index is 11.7. The number of halogens is 3. The average Bonchev–Trinajstić information content (AvgIpc) is 2.63. The number of thioether (sulfide) groups is 1. The molecule has 1 heterocycles. The normalized spacial score (nSPS) is 16.9. The van der Waals surface area contributed by atoms with Gasteiger partial charge < -0.3 is 0 Å². The summed E-state index contributed by atoms with van der Waals surface area (Å²) in [5, 5.41) is -0.824. The lowest BCUT2D eigenvalue weighted by Crippen LogP contribution is -2.36. The van der Waals surface area contributed by atoms with Gasteiger partial charge in [0.1, 0.15) is 6.04 Å². The predicted octanol–water partition coefficient (Wildman–Crippen LogP) is 3.50. The Morgan fingerprint density at radius 2 is 2.00 bits per heavy atom. The van der Waals surface area contributed by atoms with E-state index in [1.165, 1.54) is 18.2 Å². The van der Waals surface area contributed by atoms with Crippen LogP contribution in [0.1, 0.15) is 11.6 Å². The number of carbonyl (C=O) groups excluding carboxylic acids is 3. The van der Waals surface area contributed by atoms with Gasteiger partial charge >= 0.3 is 0 Å². The molecule has 1 aliphatic heterocycles. The molecule has 0 saturated carbocycles. The summed E-state index contributed by atoms with van der Waals surface area (Å²) in [5.41, 5.74) is 0.273. The molecule has 4 nitrogen and oxygen atoms in total. The minimum atomic E-state index is -1.22. The molecule has 0 aromatic heterocycles. The van der Waals surface area contributed by atoms with Gasteiger partial charge in [0.2, 0.25) is 11.1 Å². The van der Waals surface area contributed by atoms with Crippen molar-refractivity contribution in [3.05, 3.63) is 33.8 Å². The Kier molecular flexibility index (Phi) is 4.40. The summed E-state index contributed by atoms with van der Waals surface area (Å²) >= 11 is 18.1. The van der Waals surface area contributed by atoms with Crippen LogP contribution in [0.4, 0.5) is 4.79 Å². The number of benzene rings is 1. The van der Waals surface area contributed by atoms with Crippen molar-refractivity contribution in [2.24, 2.45) is 0 Å². The van der Waals surface area contributed by atoms with Crippen LogP contribution in [-0.2, 0) is 9.59 Å². The van der Waals surface area contributed by atoms with Gasteiger partial charge in [-0.15, -0.1) is 0 Å². The second kappa shape index (κ2) is 5.71. The molecule has 2 amide bonds. The summed E-state index contributed by atoms with van der Waals surface area (Å²) in [6.45, 7) is 0. The summed E-state index contributed by atoms with van der Waals surface area (Å²) < 4.78 is 0. The Balaban J connectivity index is 2.49. The fourth-order valence-corrected chi connectivity index (χ4v) is 3.16. The van der Waals surface area contributed by atoms with Crippen LogP contribution in [0.2, 0.25) is 10.0 Å². The van der Waals surface area contributed by atoms with Crippen LogP contribution in [0.25, 0.3) is 0 Å². The average molecular weight is 339 g/mol. The lowest BCUT2D eigenvalue weighted by Gasteiger charge is -2.23. The Bertz CT molecular complexity index is 562. The van der Waals surface area contributed by atoms with E-state index in [0.717, 1.165) is 16.7 Å². The topological polar surface area (TPSA) is 54.5 Å². The third-order valence-electron chi connectivity index (χ3n) is 2.51. The molecule has 1 aromatic rings. The Morgan fingerprint density at radius 3 is 2.47 bits per heavy atom. The summed E-state index contributed by atoms with van der Waals surface area (Å²) in [6.07, 6.45) is 0. The van der Waals surface area contributed by atoms with Crippen molar-refractivity contribution in [3.63, 3.8) is 0 Å². The molecule has 0 N–H and O–H groups in total. The zero-order chi connectivity index (χ0) is 14.2. The number of hydrogen-bond acceptors (Lipinski definition) is 4. The van der Waals surface area contributed by atoms with Crippen LogP contribution in [0, 0.1) is 0 Å².